The SMILES string of the molecule is Cc1cc(C(N)c2sccc2Br)ccc1F. The highest BCUT2D eigenvalue weighted by atomic mass is 79.9. The molecule has 2 N–H and O–H groups in total. The highest BCUT2D eigenvalue weighted by molar-refractivity contribution is 9.10. The van der Waals surface area contributed by atoms with Crippen LogP contribution in [0.3, 0.4) is 0 Å². The van der Waals surface area contributed by atoms with E-state index in [1.165, 1.54) is 6.07 Å². The number of benzene rings is 1. The van der Waals surface area contributed by atoms with E-state index in [9.17, 15) is 4.39 Å². The summed E-state index contributed by atoms with van der Waals surface area (Å²) in [6, 6.07) is 6.77. The molecule has 0 bridgehead atoms. The van der Waals surface area contributed by atoms with E-state index >= 15 is 0 Å². The zero-order valence-electron chi connectivity index (χ0n) is 8.71. The van der Waals surface area contributed by atoms with E-state index in [1.54, 1.807) is 30.4 Å². The van der Waals surface area contributed by atoms with Crippen LogP contribution in [-0.2, 0) is 0 Å². The van der Waals surface area contributed by atoms with Crippen molar-refractivity contribution in [3.05, 3.63) is 55.9 Å². The summed E-state index contributed by atoms with van der Waals surface area (Å²) in [5.41, 5.74) is 7.70. The first-order valence-corrected chi connectivity index (χ1v) is 6.51. The first-order chi connectivity index (χ1) is 7.59. The van der Waals surface area contributed by atoms with Crippen LogP contribution in [0.2, 0.25) is 0 Å². The maximum Gasteiger partial charge on any atom is 0.126 e. The Kier molecular flexibility index (Phi) is 3.42. The second-order valence-corrected chi connectivity index (χ2v) is 5.42. The minimum Gasteiger partial charge on any atom is -0.320 e. The van der Waals surface area contributed by atoms with Gasteiger partial charge in [-0.25, -0.2) is 4.39 Å². The third-order valence-corrected chi connectivity index (χ3v) is 4.42. The van der Waals surface area contributed by atoms with Crippen molar-refractivity contribution >= 4 is 27.3 Å². The molecule has 1 heterocycles. The molecule has 0 radical (unpaired) electrons. The minimum absolute atomic E-state index is 0.193. The molecule has 16 heavy (non-hydrogen) atoms. The van der Waals surface area contributed by atoms with Gasteiger partial charge in [-0.05, 0) is 51.5 Å². The Hall–Kier alpha value is -0.710. The quantitative estimate of drug-likeness (QED) is 0.891. The summed E-state index contributed by atoms with van der Waals surface area (Å²) in [4.78, 5) is 1.06. The van der Waals surface area contributed by atoms with Crippen molar-refractivity contribution in [3.8, 4) is 0 Å². The number of hydrogen-bond donors (Lipinski definition) is 1. The predicted molar refractivity (Wildman–Crippen MR) is 69.2 cm³/mol. The van der Waals surface area contributed by atoms with Crippen molar-refractivity contribution in [2.24, 2.45) is 5.73 Å². The molecular weight excluding hydrogens is 289 g/mol. The molecule has 4 heteroatoms. The van der Waals surface area contributed by atoms with Crippen LogP contribution in [0.15, 0.2) is 34.1 Å². The monoisotopic (exact) mass is 299 g/mol. The molecule has 0 amide bonds. The Morgan fingerprint density at radius 3 is 2.69 bits per heavy atom. The average molecular weight is 300 g/mol. The molecule has 2 rings (SSSR count). The first kappa shape index (κ1) is 11.8. The molecule has 1 unspecified atom stereocenters. The van der Waals surface area contributed by atoms with Crippen molar-refractivity contribution in [3.63, 3.8) is 0 Å². The van der Waals surface area contributed by atoms with Gasteiger partial charge >= 0.3 is 0 Å². The van der Waals surface area contributed by atoms with Crippen LogP contribution < -0.4 is 5.73 Å². The van der Waals surface area contributed by atoms with E-state index in [1.807, 2.05) is 11.4 Å². The largest absolute Gasteiger partial charge is 0.320 e. The van der Waals surface area contributed by atoms with Crippen LogP contribution in [-0.4, -0.2) is 0 Å². The van der Waals surface area contributed by atoms with E-state index in [0.29, 0.717) is 5.56 Å². The fraction of sp³-hybridized carbons (Fsp3) is 0.167. The minimum atomic E-state index is -0.200. The normalized spacial score (nSPS) is 12.8. The Morgan fingerprint density at radius 2 is 2.12 bits per heavy atom. The van der Waals surface area contributed by atoms with Gasteiger partial charge in [-0.15, -0.1) is 11.3 Å². The van der Waals surface area contributed by atoms with E-state index in [-0.39, 0.29) is 11.9 Å². The van der Waals surface area contributed by atoms with Crippen LogP contribution >= 0.6 is 27.3 Å². The highest BCUT2D eigenvalue weighted by Gasteiger charge is 2.14. The van der Waals surface area contributed by atoms with Crippen molar-refractivity contribution < 1.29 is 4.39 Å². The average Bonchev–Trinajstić information content (AvgIpc) is 2.67. The van der Waals surface area contributed by atoms with E-state index < -0.39 is 0 Å². The van der Waals surface area contributed by atoms with Gasteiger partial charge in [0.1, 0.15) is 5.82 Å². The lowest BCUT2D eigenvalue weighted by Crippen LogP contribution is -2.11. The van der Waals surface area contributed by atoms with Gasteiger partial charge in [0.25, 0.3) is 0 Å². The molecule has 1 nitrogen and oxygen atoms in total. The molecule has 0 saturated heterocycles. The Labute approximate surface area is 106 Å². The van der Waals surface area contributed by atoms with Crippen LogP contribution in [0.1, 0.15) is 22.0 Å². The number of aryl methyl sites for hydroxylation is 1. The van der Waals surface area contributed by atoms with Crippen molar-refractivity contribution in [1.29, 1.82) is 0 Å². The number of thiophene rings is 1. The fourth-order valence-corrected chi connectivity index (χ4v) is 3.19. The van der Waals surface area contributed by atoms with Crippen molar-refractivity contribution in [1.82, 2.24) is 0 Å². The molecular formula is C12H11BrFNS. The lowest BCUT2D eigenvalue weighted by atomic mass is 10.0. The highest BCUT2D eigenvalue weighted by Crippen LogP contribution is 2.31. The molecule has 84 valence electrons. The van der Waals surface area contributed by atoms with Gasteiger partial charge in [0.05, 0.1) is 6.04 Å². The van der Waals surface area contributed by atoms with Crippen molar-refractivity contribution in [2.45, 2.75) is 13.0 Å². The van der Waals surface area contributed by atoms with Gasteiger partial charge in [-0.3, -0.25) is 0 Å². The Balaban J connectivity index is 2.38. The zero-order valence-corrected chi connectivity index (χ0v) is 11.1. The standard InChI is InChI=1S/C12H11BrFNS/c1-7-6-8(2-3-10(7)14)11(15)12-9(13)4-5-16-12/h2-6,11H,15H2,1H3. The van der Waals surface area contributed by atoms with Crippen LogP contribution in [0.5, 0.6) is 0 Å². The summed E-state index contributed by atoms with van der Waals surface area (Å²) in [6.07, 6.45) is 0. The van der Waals surface area contributed by atoms with E-state index in [0.717, 1.165) is 14.9 Å². The number of nitrogens with two attached hydrogens (primary N) is 1. The topological polar surface area (TPSA) is 26.0 Å². The third kappa shape index (κ3) is 2.19. The maximum atomic E-state index is 13.1. The van der Waals surface area contributed by atoms with Gasteiger partial charge in [0.15, 0.2) is 0 Å². The molecule has 1 aromatic carbocycles. The molecule has 0 aliphatic rings. The molecule has 0 aliphatic carbocycles. The lowest BCUT2D eigenvalue weighted by Gasteiger charge is -2.12. The number of halogens is 2. The molecule has 1 atom stereocenters. The van der Waals surface area contributed by atoms with E-state index in [2.05, 4.69) is 15.9 Å². The summed E-state index contributed by atoms with van der Waals surface area (Å²) < 4.78 is 14.1. The number of rotatable bonds is 2. The van der Waals surface area contributed by atoms with Crippen LogP contribution in [0, 0.1) is 12.7 Å². The summed E-state index contributed by atoms with van der Waals surface area (Å²) >= 11 is 5.05. The molecule has 0 aliphatic heterocycles. The smallest absolute Gasteiger partial charge is 0.126 e. The summed E-state index contributed by atoms with van der Waals surface area (Å²) in [5.74, 6) is -0.193. The maximum absolute atomic E-state index is 13.1. The molecule has 0 spiro atoms. The van der Waals surface area contributed by atoms with Gasteiger partial charge in [0, 0.05) is 9.35 Å². The van der Waals surface area contributed by atoms with Crippen molar-refractivity contribution in [2.75, 3.05) is 0 Å². The molecule has 0 fully saturated rings. The Bertz CT molecular complexity index is 509. The first-order valence-electron chi connectivity index (χ1n) is 4.84. The molecule has 1 aromatic heterocycles. The molecule has 2 aromatic rings. The van der Waals surface area contributed by atoms with E-state index in [4.69, 9.17) is 5.73 Å². The van der Waals surface area contributed by atoms with Gasteiger partial charge in [-0.2, -0.15) is 0 Å². The molecule has 0 saturated carbocycles. The zero-order chi connectivity index (χ0) is 11.7. The van der Waals surface area contributed by atoms with Crippen LogP contribution in [0.25, 0.3) is 0 Å². The van der Waals surface area contributed by atoms with Gasteiger partial charge in [-0.1, -0.05) is 12.1 Å². The third-order valence-electron chi connectivity index (χ3n) is 2.47. The second-order valence-electron chi connectivity index (χ2n) is 3.62. The summed E-state index contributed by atoms with van der Waals surface area (Å²) in [5, 5.41) is 1.98. The van der Waals surface area contributed by atoms with Gasteiger partial charge < -0.3 is 5.73 Å². The second kappa shape index (κ2) is 4.65. The fourth-order valence-electron chi connectivity index (χ4n) is 1.54. The van der Waals surface area contributed by atoms with Crippen LogP contribution in [0.4, 0.5) is 4.39 Å². The lowest BCUT2D eigenvalue weighted by molar-refractivity contribution is 0.617. The summed E-state index contributed by atoms with van der Waals surface area (Å²) in [6.45, 7) is 1.75. The Morgan fingerprint density at radius 1 is 1.38 bits per heavy atom. The van der Waals surface area contributed by atoms with Gasteiger partial charge in [0.2, 0.25) is 0 Å². The summed E-state index contributed by atoms with van der Waals surface area (Å²) in [7, 11) is 0. The number of hydrogen-bond acceptors (Lipinski definition) is 2. The predicted octanol–water partition coefficient (Wildman–Crippen LogP) is 4.01.